The third-order valence-electron chi connectivity index (χ3n) is 5.85. The van der Waals surface area contributed by atoms with Gasteiger partial charge in [0.05, 0.1) is 33.3 Å². The van der Waals surface area contributed by atoms with Crippen molar-refractivity contribution in [2.75, 3.05) is 18.0 Å². The van der Waals surface area contributed by atoms with Gasteiger partial charge in [-0.05, 0) is 63.5 Å². The maximum Gasteiger partial charge on any atom is 0.269 e. The van der Waals surface area contributed by atoms with Crippen molar-refractivity contribution in [3.63, 3.8) is 0 Å². The zero-order valence-electron chi connectivity index (χ0n) is 22.2. The molecule has 0 heterocycles. The zero-order chi connectivity index (χ0) is 30.1. The van der Waals surface area contributed by atoms with Crippen LogP contribution in [0, 0.1) is 10.1 Å². The summed E-state index contributed by atoms with van der Waals surface area (Å²) in [6.07, 6.45) is 1.37. The van der Waals surface area contributed by atoms with Gasteiger partial charge in [0.15, 0.2) is 11.5 Å². The number of amides is 1. The summed E-state index contributed by atoms with van der Waals surface area (Å²) in [5.74, 6) is 0.191. The number of hydrazone groups is 1. The molecule has 4 rings (SSSR count). The largest absolute Gasteiger partial charge is 0.493 e. The van der Waals surface area contributed by atoms with E-state index in [2.05, 4.69) is 26.5 Å². The molecule has 0 atom stereocenters. The van der Waals surface area contributed by atoms with Crippen molar-refractivity contribution in [3.8, 4) is 11.5 Å². The highest BCUT2D eigenvalue weighted by molar-refractivity contribution is 9.10. The molecule has 0 unspecified atom stereocenters. The molecule has 0 saturated heterocycles. The molecule has 216 valence electrons. The summed E-state index contributed by atoms with van der Waals surface area (Å²) in [5.41, 5.74) is 3.73. The van der Waals surface area contributed by atoms with Gasteiger partial charge in [-0.2, -0.15) is 5.10 Å². The van der Waals surface area contributed by atoms with Gasteiger partial charge in [0.1, 0.15) is 13.2 Å². The van der Waals surface area contributed by atoms with Crippen LogP contribution >= 0.6 is 15.9 Å². The Morgan fingerprint density at radius 1 is 1.02 bits per heavy atom. The molecule has 0 aromatic heterocycles. The van der Waals surface area contributed by atoms with Crippen molar-refractivity contribution < 1.29 is 27.6 Å². The molecule has 4 aromatic rings. The van der Waals surface area contributed by atoms with E-state index in [0.717, 1.165) is 22.0 Å². The van der Waals surface area contributed by atoms with Gasteiger partial charge in [0, 0.05) is 12.1 Å². The summed E-state index contributed by atoms with van der Waals surface area (Å²) >= 11 is 3.48. The van der Waals surface area contributed by atoms with Crippen LogP contribution < -0.4 is 19.2 Å². The molecule has 0 saturated carbocycles. The number of anilines is 1. The minimum Gasteiger partial charge on any atom is -0.493 e. The number of non-ortho nitro benzene ring substituents is 1. The van der Waals surface area contributed by atoms with Crippen molar-refractivity contribution in [1.29, 1.82) is 0 Å². The van der Waals surface area contributed by atoms with Crippen LogP contribution in [0.4, 0.5) is 11.4 Å². The second kappa shape index (κ2) is 13.7. The van der Waals surface area contributed by atoms with Crippen LogP contribution in [0.2, 0.25) is 0 Å². The van der Waals surface area contributed by atoms with E-state index < -0.39 is 27.4 Å². The smallest absolute Gasteiger partial charge is 0.269 e. The van der Waals surface area contributed by atoms with E-state index in [0.29, 0.717) is 28.1 Å². The van der Waals surface area contributed by atoms with E-state index in [-0.39, 0.29) is 16.3 Å². The lowest BCUT2D eigenvalue weighted by molar-refractivity contribution is -0.384. The number of carbonyl (C=O) groups is 1. The predicted molar refractivity (Wildman–Crippen MR) is 161 cm³/mol. The van der Waals surface area contributed by atoms with Gasteiger partial charge in [-0.25, -0.2) is 13.8 Å². The number of rotatable bonds is 12. The first-order chi connectivity index (χ1) is 20.2. The zero-order valence-corrected chi connectivity index (χ0v) is 24.6. The number of nitro benzene ring substituents is 1. The van der Waals surface area contributed by atoms with Crippen molar-refractivity contribution in [2.45, 2.75) is 11.5 Å². The molecule has 1 amide bonds. The first kappa shape index (κ1) is 30.2. The van der Waals surface area contributed by atoms with Gasteiger partial charge in [0.2, 0.25) is 0 Å². The average Bonchev–Trinajstić information content (AvgIpc) is 3.00. The minimum atomic E-state index is -4.19. The SMILES string of the molecule is COc1cc(/C=N\NC(=O)CN(c2ccc([N+](=O)[O-])cc2)S(=O)(=O)c2ccccc2)cc(Br)c1OCc1ccccc1. The highest BCUT2D eigenvalue weighted by Gasteiger charge is 2.27. The van der Waals surface area contributed by atoms with Crippen LogP contribution in [-0.4, -0.2) is 39.1 Å². The van der Waals surface area contributed by atoms with E-state index in [1.807, 2.05) is 30.3 Å². The van der Waals surface area contributed by atoms with Gasteiger partial charge in [0.25, 0.3) is 21.6 Å². The Kier molecular flexibility index (Phi) is 9.89. The molecule has 0 aliphatic carbocycles. The molecular weight excluding hydrogens is 628 g/mol. The van der Waals surface area contributed by atoms with Crippen LogP contribution in [0.3, 0.4) is 0 Å². The molecule has 13 heteroatoms. The van der Waals surface area contributed by atoms with Crippen molar-refractivity contribution in [2.24, 2.45) is 5.10 Å². The van der Waals surface area contributed by atoms with Gasteiger partial charge in [-0.3, -0.25) is 19.2 Å². The average molecular weight is 654 g/mol. The number of ether oxygens (including phenoxy) is 2. The van der Waals surface area contributed by atoms with E-state index in [9.17, 15) is 23.3 Å². The number of nitrogens with zero attached hydrogens (tertiary/aromatic N) is 3. The number of nitro groups is 1. The molecule has 4 aromatic carbocycles. The standard InChI is InChI=1S/C29H25BrN4O7S/c1-40-27-17-22(16-26(30)29(27)41-20-21-8-4-2-5-9-21)18-31-32-28(35)19-33(23-12-14-24(15-13-23)34(36)37)42(38,39)25-10-6-3-7-11-25/h2-18H,19-20H2,1H3,(H,32,35)/b31-18-. The first-order valence-corrected chi connectivity index (χ1v) is 14.6. The maximum absolute atomic E-state index is 13.4. The Morgan fingerprint density at radius 3 is 2.29 bits per heavy atom. The molecule has 0 spiro atoms. The Labute approximate surface area is 250 Å². The lowest BCUT2D eigenvalue weighted by Crippen LogP contribution is -2.39. The van der Waals surface area contributed by atoms with E-state index in [1.165, 1.54) is 37.6 Å². The number of sulfonamides is 1. The van der Waals surface area contributed by atoms with Gasteiger partial charge >= 0.3 is 0 Å². The molecule has 42 heavy (non-hydrogen) atoms. The fourth-order valence-electron chi connectivity index (χ4n) is 3.80. The van der Waals surface area contributed by atoms with Crippen LogP contribution in [0.15, 0.2) is 112 Å². The quantitative estimate of drug-likeness (QED) is 0.125. The number of halogens is 1. The number of methoxy groups -OCH3 is 1. The van der Waals surface area contributed by atoms with Crippen LogP contribution in [0.1, 0.15) is 11.1 Å². The maximum atomic E-state index is 13.4. The second-order valence-electron chi connectivity index (χ2n) is 8.70. The van der Waals surface area contributed by atoms with Crippen LogP contribution in [0.5, 0.6) is 11.5 Å². The van der Waals surface area contributed by atoms with Gasteiger partial charge < -0.3 is 9.47 Å². The molecule has 0 radical (unpaired) electrons. The Bertz CT molecular complexity index is 1680. The Hall–Kier alpha value is -4.75. The molecule has 0 bridgehead atoms. The first-order valence-electron chi connectivity index (χ1n) is 12.4. The number of hydrogen-bond donors (Lipinski definition) is 1. The Balaban J connectivity index is 1.50. The summed E-state index contributed by atoms with van der Waals surface area (Å²) in [4.78, 5) is 23.3. The van der Waals surface area contributed by atoms with Gasteiger partial charge in [-0.15, -0.1) is 0 Å². The van der Waals surface area contributed by atoms with E-state index >= 15 is 0 Å². The summed E-state index contributed by atoms with van der Waals surface area (Å²) in [6, 6.07) is 25.4. The third kappa shape index (κ3) is 7.50. The summed E-state index contributed by atoms with van der Waals surface area (Å²) in [5, 5.41) is 15.0. The number of hydrogen-bond acceptors (Lipinski definition) is 8. The van der Waals surface area contributed by atoms with E-state index in [4.69, 9.17) is 9.47 Å². The number of benzene rings is 4. The lowest BCUT2D eigenvalue weighted by Gasteiger charge is -2.23. The highest BCUT2D eigenvalue weighted by atomic mass is 79.9. The van der Waals surface area contributed by atoms with Gasteiger partial charge in [-0.1, -0.05) is 48.5 Å². The Morgan fingerprint density at radius 2 is 1.67 bits per heavy atom. The summed E-state index contributed by atoms with van der Waals surface area (Å²) < 4.78 is 39.7. The molecule has 0 aliphatic heterocycles. The third-order valence-corrected chi connectivity index (χ3v) is 8.22. The lowest BCUT2D eigenvalue weighted by atomic mass is 10.2. The molecule has 0 aliphatic rings. The van der Waals surface area contributed by atoms with Crippen LogP contribution in [-0.2, 0) is 21.4 Å². The van der Waals surface area contributed by atoms with Crippen molar-refractivity contribution in [1.82, 2.24) is 5.43 Å². The summed E-state index contributed by atoms with van der Waals surface area (Å²) in [6.45, 7) is -0.303. The number of carbonyl (C=O) groups excluding carboxylic acids is 1. The fourth-order valence-corrected chi connectivity index (χ4v) is 5.82. The topological polar surface area (TPSA) is 140 Å². The monoisotopic (exact) mass is 652 g/mol. The molecule has 1 N–H and O–H groups in total. The summed E-state index contributed by atoms with van der Waals surface area (Å²) in [7, 11) is -2.69. The molecular formula is C29H25BrN4O7S. The molecule has 0 fully saturated rings. The van der Waals surface area contributed by atoms with Crippen molar-refractivity contribution in [3.05, 3.63) is 123 Å². The highest BCUT2D eigenvalue weighted by Crippen LogP contribution is 2.37. The van der Waals surface area contributed by atoms with Crippen LogP contribution in [0.25, 0.3) is 0 Å². The fraction of sp³-hybridized carbons (Fsp3) is 0.103. The minimum absolute atomic E-state index is 0.0498. The van der Waals surface area contributed by atoms with E-state index in [1.54, 1.807) is 30.3 Å². The van der Waals surface area contributed by atoms with Crippen molar-refractivity contribution >= 4 is 49.4 Å². The number of nitrogens with one attached hydrogen (secondary N) is 1. The second-order valence-corrected chi connectivity index (χ2v) is 11.4. The molecule has 11 nitrogen and oxygen atoms in total. The normalized spacial score (nSPS) is 11.2. The predicted octanol–water partition coefficient (Wildman–Crippen LogP) is 5.29.